The summed E-state index contributed by atoms with van der Waals surface area (Å²) in [6.07, 6.45) is 2.21. The molecule has 0 aromatic carbocycles. The van der Waals surface area contributed by atoms with Crippen LogP contribution in [0.1, 0.15) is 12.8 Å². The molecular formula is C13H26N4O. The topological polar surface area (TPSA) is 52.8 Å². The molecule has 1 amide bonds. The Kier molecular flexibility index (Phi) is 4.97. The molecule has 2 fully saturated rings. The highest BCUT2D eigenvalue weighted by molar-refractivity contribution is 5.79. The van der Waals surface area contributed by atoms with Crippen LogP contribution in [0, 0.1) is 5.92 Å². The maximum Gasteiger partial charge on any atom is 0.227 e. The van der Waals surface area contributed by atoms with E-state index >= 15 is 0 Å². The number of hydrogen-bond donors (Lipinski definition) is 1. The molecule has 0 radical (unpaired) electrons. The second-order valence-electron chi connectivity index (χ2n) is 5.56. The van der Waals surface area contributed by atoms with Crippen molar-refractivity contribution in [3.63, 3.8) is 0 Å². The third kappa shape index (κ3) is 3.43. The minimum absolute atomic E-state index is 0.227. The van der Waals surface area contributed by atoms with Crippen LogP contribution in [-0.4, -0.2) is 80.0 Å². The van der Waals surface area contributed by atoms with E-state index in [2.05, 4.69) is 21.7 Å². The second kappa shape index (κ2) is 6.50. The Hall–Kier alpha value is -0.650. The predicted molar refractivity (Wildman–Crippen MR) is 72.3 cm³/mol. The highest BCUT2D eigenvalue weighted by Crippen LogP contribution is 2.18. The lowest BCUT2D eigenvalue weighted by atomic mass is 9.96. The summed E-state index contributed by atoms with van der Waals surface area (Å²) in [5.74, 6) is 0.596. The number of hydrogen-bond acceptors (Lipinski definition) is 4. The summed E-state index contributed by atoms with van der Waals surface area (Å²) in [6, 6.07) is 0. The average molecular weight is 254 g/mol. The number of piperazine rings is 1. The van der Waals surface area contributed by atoms with Crippen molar-refractivity contribution in [1.82, 2.24) is 14.7 Å². The molecule has 2 heterocycles. The maximum atomic E-state index is 12.4. The zero-order valence-corrected chi connectivity index (χ0v) is 11.5. The number of carbonyl (C=O) groups excluding carboxylic acids is 1. The first-order valence-corrected chi connectivity index (χ1v) is 7.10. The van der Waals surface area contributed by atoms with E-state index < -0.39 is 0 Å². The van der Waals surface area contributed by atoms with Crippen molar-refractivity contribution < 1.29 is 4.79 Å². The van der Waals surface area contributed by atoms with E-state index in [1.807, 2.05) is 0 Å². The maximum absolute atomic E-state index is 12.4. The summed E-state index contributed by atoms with van der Waals surface area (Å²) in [5, 5.41) is 0. The lowest BCUT2D eigenvalue weighted by Gasteiger charge is -2.38. The monoisotopic (exact) mass is 254 g/mol. The fourth-order valence-corrected chi connectivity index (χ4v) is 3.00. The van der Waals surface area contributed by atoms with Gasteiger partial charge in [0, 0.05) is 45.8 Å². The van der Waals surface area contributed by atoms with E-state index in [1.165, 1.54) is 0 Å². The number of rotatable bonds is 3. The van der Waals surface area contributed by atoms with Crippen LogP contribution in [-0.2, 0) is 4.79 Å². The van der Waals surface area contributed by atoms with E-state index in [-0.39, 0.29) is 5.92 Å². The van der Waals surface area contributed by atoms with Gasteiger partial charge in [-0.15, -0.1) is 0 Å². The summed E-state index contributed by atoms with van der Waals surface area (Å²) in [5.41, 5.74) is 5.56. The Balaban J connectivity index is 1.80. The van der Waals surface area contributed by atoms with E-state index in [4.69, 9.17) is 5.73 Å². The van der Waals surface area contributed by atoms with Crippen LogP contribution in [0.5, 0.6) is 0 Å². The van der Waals surface area contributed by atoms with Crippen LogP contribution >= 0.6 is 0 Å². The van der Waals surface area contributed by atoms with Gasteiger partial charge in [-0.2, -0.15) is 0 Å². The minimum atomic E-state index is 0.227. The average Bonchev–Trinajstić information content (AvgIpc) is 2.39. The van der Waals surface area contributed by atoms with Gasteiger partial charge in [0.2, 0.25) is 5.91 Å². The molecule has 104 valence electrons. The molecule has 2 aliphatic heterocycles. The lowest BCUT2D eigenvalue weighted by molar-refractivity contribution is -0.138. The normalized spacial score (nSPS) is 27.4. The molecule has 1 atom stereocenters. The Bertz CT molecular complexity index is 276. The third-order valence-corrected chi connectivity index (χ3v) is 4.10. The van der Waals surface area contributed by atoms with Crippen LogP contribution in [0.3, 0.4) is 0 Å². The van der Waals surface area contributed by atoms with Gasteiger partial charge in [-0.25, -0.2) is 0 Å². The molecule has 18 heavy (non-hydrogen) atoms. The number of nitrogens with two attached hydrogens (primary N) is 1. The smallest absolute Gasteiger partial charge is 0.227 e. The second-order valence-corrected chi connectivity index (χ2v) is 5.56. The third-order valence-electron chi connectivity index (χ3n) is 4.10. The van der Waals surface area contributed by atoms with Crippen molar-refractivity contribution >= 4 is 5.91 Å². The van der Waals surface area contributed by atoms with Gasteiger partial charge in [-0.3, -0.25) is 9.69 Å². The highest BCUT2D eigenvalue weighted by atomic mass is 16.2. The van der Waals surface area contributed by atoms with Gasteiger partial charge in [-0.1, -0.05) is 0 Å². The SMILES string of the molecule is CN1CCCC(C(=O)N2CCN(CCN)CC2)C1. The molecule has 5 heteroatoms. The zero-order chi connectivity index (χ0) is 13.0. The molecule has 2 aliphatic rings. The molecule has 2 saturated heterocycles. The van der Waals surface area contributed by atoms with Crippen molar-refractivity contribution in [3.05, 3.63) is 0 Å². The summed E-state index contributed by atoms with van der Waals surface area (Å²) < 4.78 is 0. The van der Waals surface area contributed by atoms with Crippen molar-refractivity contribution in [2.75, 3.05) is 59.4 Å². The van der Waals surface area contributed by atoms with Crippen LogP contribution in [0.15, 0.2) is 0 Å². The summed E-state index contributed by atoms with van der Waals surface area (Å²) in [7, 11) is 2.11. The number of amides is 1. The first-order valence-electron chi connectivity index (χ1n) is 7.10. The van der Waals surface area contributed by atoms with E-state index in [0.717, 1.165) is 58.7 Å². The number of nitrogens with zero attached hydrogens (tertiary/aromatic N) is 3. The number of piperidine rings is 1. The van der Waals surface area contributed by atoms with Crippen LogP contribution in [0.4, 0.5) is 0 Å². The van der Waals surface area contributed by atoms with E-state index in [1.54, 1.807) is 0 Å². The van der Waals surface area contributed by atoms with Gasteiger partial charge in [-0.05, 0) is 26.4 Å². The molecule has 2 rings (SSSR count). The van der Waals surface area contributed by atoms with Crippen LogP contribution in [0.2, 0.25) is 0 Å². The van der Waals surface area contributed by atoms with E-state index in [0.29, 0.717) is 12.5 Å². The standard InChI is InChI=1S/C13H26N4O/c1-15-5-2-3-12(11-15)13(18)17-9-7-16(6-4-14)8-10-17/h12H,2-11,14H2,1H3. The van der Waals surface area contributed by atoms with Gasteiger partial charge >= 0.3 is 0 Å². The van der Waals surface area contributed by atoms with Gasteiger partial charge in [0.25, 0.3) is 0 Å². The van der Waals surface area contributed by atoms with Gasteiger partial charge in [0.15, 0.2) is 0 Å². The van der Waals surface area contributed by atoms with Crippen molar-refractivity contribution in [3.8, 4) is 0 Å². The summed E-state index contributed by atoms with van der Waals surface area (Å²) in [6.45, 7) is 7.43. The molecule has 5 nitrogen and oxygen atoms in total. The fraction of sp³-hybridized carbons (Fsp3) is 0.923. The van der Waals surface area contributed by atoms with Crippen molar-refractivity contribution in [2.24, 2.45) is 11.7 Å². The highest BCUT2D eigenvalue weighted by Gasteiger charge is 2.29. The molecule has 0 aromatic heterocycles. The molecule has 1 unspecified atom stereocenters. The quantitative estimate of drug-likeness (QED) is 0.733. The summed E-state index contributed by atoms with van der Waals surface area (Å²) in [4.78, 5) is 19.1. The van der Waals surface area contributed by atoms with Gasteiger partial charge in [0.05, 0.1) is 5.92 Å². The van der Waals surface area contributed by atoms with Gasteiger partial charge in [0.1, 0.15) is 0 Å². The molecular weight excluding hydrogens is 228 g/mol. The number of likely N-dealkylation sites (tertiary alicyclic amines) is 1. The van der Waals surface area contributed by atoms with Crippen molar-refractivity contribution in [1.29, 1.82) is 0 Å². The first-order chi connectivity index (χ1) is 8.70. The van der Waals surface area contributed by atoms with Gasteiger partial charge < -0.3 is 15.5 Å². The number of carbonyl (C=O) groups is 1. The minimum Gasteiger partial charge on any atom is -0.340 e. The Morgan fingerprint density at radius 1 is 1.22 bits per heavy atom. The molecule has 0 aliphatic carbocycles. The Morgan fingerprint density at radius 2 is 1.94 bits per heavy atom. The molecule has 0 bridgehead atoms. The fourth-order valence-electron chi connectivity index (χ4n) is 3.00. The molecule has 2 N–H and O–H groups in total. The lowest BCUT2D eigenvalue weighted by Crippen LogP contribution is -2.52. The first kappa shape index (κ1) is 13.8. The molecule has 0 saturated carbocycles. The summed E-state index contributed by atoms with van der Waals surface area (Å²) >= 11 is 0. The Morgan fingerprint density at radius 3 is 2.56 bits per heavy atom. The van der Waals surface area contributed by atoms with Crippen molar-refractivity contribution in [2.45, 2.75) is 12.8 Å². The Labute approximate surface area is 110 Å². The van der Waals surface area contributed by atoms with E-state index in [9.17, 15) is 4.79 Å². The molecule has 0 spiro atoms. The zero-order valence-electron chi connectivity index (χ0n) is 11.5. The largest absolute Gasteiger partial charge is 0.340 e. The van der Waals surface area contributed by atoms with Crippen LogP contribution < -0.4 is 5.73 Å². The van der Waals surface area contributed by atoms with Crippen LogP contribution in [0.25, 0.3) is 0 Å². The predicted octanol–water partition coefficient (Wildman–Crippen LogP) is -0.569. The molecule has 0 aromatic rings.